The molecule has 40 heavy (non-hydrogen) atoms. The van der Waals surface area contributed by atoms with E-state index in [2.05, 4.69) is 33.9 Å². The third kappa shape index (κ3) is 5.35. The van der Waals surface area contributed by atoms with E-state index in [-0.39, 0.29) is 16.6 Å². The van der Waals surface area contributed by atoms with Crippen LogP contribution in [0.4, 0.5) is 5.69 Å². The molecule has 0 atom stereocenters. The Hall–Kier alpha value is -2.62. The van der Waals surface area contributed by atoms with E-state index < -0.39 is 9.84 Å². The first-order chi connectivity index (χ1) is 19.1. The first-order valence-corrected chi connectivity index (χ1v) is 16.0. The SMILES string of the molecule is Cc1[nH]c(C=C2C(=O)Nc3ccc(S(=O)(=O)Cc4c(Cl)cccc4Cl)cc32)c(C)c1CN1CCN(C2CC2)CC1. The Kier molecular flexibility index (Phi) is 7.34. The number of amides is 1. The monoisotopic (exact) mass is 598 g/mol. The fourth-order valence-corrected chi connectivity index (χ4v) is 7.86. The van der Waals surface area contributed by atoms with Crippen LogP contribution >= 0.6 is 23.2 Å². The van der Waals surface area contributed by atoms with E-state index >= 15 is 0 Å². The van der Waals surface area contributed by atoms with Gasteiger partial charge in [0.25, 0.3) is 5.91 Å². The van der Waals surface area contributed by atoms with Gasteiger partial charge in [0.2, 0.25) is 0 Å². The fraction of sp³-hybridized carbons (Fsp3) is 0.367. The van der Waals surface area contributed by atoms with Gasteiger partial charge < -0.3 is 10.3 Å². The lowest BCUT2D eigenvalue weighted by Crippen LogP contribution is -2.46. The number of rotatable bonds is 7. The number of nitrogens with zero attached hydrogens (tertiary/aromatic N) is 2. The minimum absolute atomic E-state index is 0.107. The number of fused-ring (bicyclic) bond motifs is 1. The van der Waals surface area contributed by atoms with Gasteiger partial charge in [-0.05, 0) is 74.2 Å². The molecular weight excluding hydrogens is 567 g/mol. The standard InChI is InChI=1S/C30H32Cl2N4O3S/c1-18-24(16-35-10-12-36(13-11-35)20-6-7-20)19(2)33-29(18)15-23-22-14-21(8-9-28(22)34-30(23)37)40(38,39)17-25-26(31)4-3-5-27(25)32/h3-5,8-9,14-15,20,33H,6-7,10-13,16-17H2,1-2H3,(H,34,37). The van der Waals surface area contributed by atoms with Gasteiger partial charge in [-0.2, -0.15) is 0 Å². The van der Waals surface area contributed by atoms with Crippen LogP contribution in [0.5, 0.6) is 0 Å². The number of carbonyl (C=O) groups is 1. The maximum absolute atomic E-state index is 13.3. The maximum Gasteiger partial charge on any atom is 0.256 e. The van der Waals surface area contributed by atoms with Gasteiger partial charge in [-0.25, -0.2) is 8.42 Å². The Balaban J connectivity index is 1.26. The summed E-state index contributed by atoms with van der Waals surface area (Å²) in [7, 11) is -3.78. The van der Waals surface area contributed by atoms with Crippen molar-refractivity contribution in [3.8, 4) is 0 Å². The van der Waals surface area contributed by atoms with Gasteiger partial charge in [0.1, 0.15) is 0 Å². The molecule has 0 radical (unpaired) electrons. The molecule has 10 heteroatoms. The van der Waals surface area contributed by atoms with Crippen LogP contribution < -0.4 is 5.32 Å². The van der Waals surface area contributed by atoms with Crippen molar-refractivity contribution in [3.63, 3.8) is 0 Å². The molecule has 0 unspecified atom stereocenters. The summed E-state index contributed by atoms with van der Waals surface area (Å²) >= 11 is 12.5. The summed E-state index contributed by atoms with van der Waals surface area (Å²) in [5, 5.41) is 3.47. The molecule has 2 aromatic carbocycles. The highest BCUT2D eigenvalue weighted by Gasteiger charge is 2.32. The quantitative estimate of drug-likeness (QED) is 0.341. The number of halogens is 2. The number of H-pyrrole nitrogens is 1. The van der Waals surface area contributed by atoms with Crippen LogP contribution in [0.3, 0.4) is 0 Å². The molecule has 1 aliphatic carbocycles. The van der Waals surface area contributed by atoms with Crippen molar-refractivity contribution in [2.75, 3.05) is 31.5 Å². The van der Waals surface area contributed by atoms with Crippen molar-refractivity contribution < 1.29 is 13.2 Å². The number of aromatic amines is 1. The Morgan fingerprint density at radius 3 is 2.38 bits per heavy atom. The van der Waals surface area contributed by atoms with Crippen LogP contribution in [0.15, 0.2) is 41.3 Å². The molecule has 210 valence electrons. The molecule has 1 aromatic heterocycles. The van der Waals surface area contributed by atoms with Crippen LogP contribution in [0.2, 0.25) is 10.0 Å². The van der Waals surface area contributed by atoms with Crippen molar-refractivity contribution in [1.29, 1.82) is 0 Å². The van der Waals surface area contributed by atoms with Crippen molar-refractivity contribution in [2.45, 2.75) is 49.9 Å². The highest BCUT2D eigenvalue weighted by molar-refractivity contribution is 7.90. The van der Waals surface area contributed by atoms with Gasteiger partial charge in [-0.15, -0.1) is 0 Å². The van der Waals surface area contributed by atoms with Crippen molar-refractivity contribution in [1.82, 2.24) is 14.8 Å². The van der Waals surface area contributed by atoms with E-state index in [1.165, 1.54) is 24.5 Å². The predicted octanol–water partition coefficient (Wildman–Crippen LogP) is 5.68. The molecule has 3 aliphatic rings. The Bertz CT molecular complexity index is 1610. The average molecular weight is 600 g/mol. The molecule has 0 spiro atoms. The number of aryl methyl sites for hydroxylation is 1. The molecular formula is C30H32Cl2N4O3S. The molecule has 1 saturated heterocycles. The van der Waals surface area contributed by atoms with E-state index in [9.17, 15) is 13.2 Å². The second-order valence-corrected chi connectivity index (χ2v) is 13.8. The van der Waals surface area contributed by atoms with Crippen LogP contribution in [-0.4, -0.2) is 61.3 Å². The second-order valence-electron chi connectivity index (χ2n) is 11.0. The number of benzene rings is 2. The molecule has 2 fully saturated rings. The molecule has 2 N–H and O–H groups in total. The van der Waals surface area contributed by atoms with Gasteiger partial charge in [0.05, 0.1) is 16.2 Å². The maximum atomic E-state index is 13.3. The number of carbonyl (C=O) groups excluding carboxylic acids is 1. The molecule has 2 aliphatic heterocycles. The molecule has 1 saturated carbocycles. The summed E-state index contributed by atoms with van der Waals surface area (Å²) in [5.41, 5.74) is 6.22. The molecule has 3 aromatic rings. The first kappa shape index (κ1) is 27.5. The lowest BCUT2D eigenvalue weighted by molar-refractivity contribution is -0.110. The van der Waals surface area contributed by atoms with Gasteiger partial charge in [0.15, 0.2) is 9.84 Å². The minimum Gasteiger partial charge on any atom is -0.359 e. The van der Waals surface area contributed by atoms with Gasteiger partial charge in [-0.3, -0.25) is 14.6 Å². The van der Waals surface area contributed by atoms with E-state index in [1.807, 2.05) is 6.08 Å². The van der Waals surface area contributed by atoms with E-state index in [1.54, 1.807) is 30.3 Å². The van der Waals surface area contributed by atoms with E-state index in [4.69, 9.17) is 23.2 Å². The van der Waals surface area contributed by atoms with Crippen molar-refractivity contribution in [2.24, 2.45) is 0 Å². The van der Waals surface area contributed by atoms with E-state index in [0.717, 1.165) is 55.7 Å². The third-order valence-corrected chi connectivity index (χ3v) is 10.7. The Morgan fingerprint density at radius 2 is 1.70 bits per heavy atom. The average Bonchev–Trinajstić information content (AvgIpc) is 3.68. The highest BCUT2D eigenvalue weighted by atomic mass is 35.5. The zero-order valence-electron chi connectivity index (χ0n) is 22.6. The molecule has 6 rings (SSSR count). The number of piperazine rings is 1. The van der Waals surface area contributed by atoms with Crippen molar-refractivity contribution in [3.05, 3.63) is 80.1 Å². The van der Waals surface area contributed by atoms with Gasteiger partial charge in [0, 0.05) is 77.0 Å². The normalized spacial score (nSPS) is 19.3. The number of anilines is 1. The first-order valence-electron chi connectivity index (χ1n) is 13.6. The van der Waals surface area contributed by atoms with Gasteiger partial charge in [-0.1, -0.05) is 29.3 Å². The molecule has 1 amide bonds. The lowest BCUT2D eigenvalue weighted by atomic mass is 10.0. The topological polar surface area (TPSA) is 85.5 Å². The second kappa shape index (κ2) is 10.7. The number of nitrogens with one attached hydrogen (secondary N) is 2. The summed E-state index contributed by atoms with van der Waals surface area (Å²) in [6.45, 7) is 9.37. The fourth-order valence-electron chi connectivity index (χ4n) is 5.74. The lowest BCUT2D eigenvalue weighted by Gasteiger charge is -2.35. The van der Waals surface area contributed by atoms with Crippen LogP contribution in [0.1, 0.15) is 46.5 Å². The Morgan fingerprint density at radius 1 is 1.00 bits per heavy atom. The highest BCUT2D eigenvalue weighted by Crippen LogP contribution is 2.37. The van der Waals surface area contributed by atoms with Gasteiger partial charge >= 0.3 is 0 Å². The van der Waals surface area contributed by atoms with E-state index in [0.29, 0.717) is 32.4 Å². The Labute approximate surface area is 245 Å². The number of hydrogen-bond acceptors (Lipinski definition) is 5. The largest absolute Gasteiger partial charge is 0.359 e. The minimum atomic E-state index is -3.78. The molecule has 7 nitrogen and oxygen atoms in total. The number of aromatic nitrogens is 1. The molecule has 3 heterocycles. The number of sulfone groups is 1. The summed E-state index contributed by atoms with van der Waals surface area (Å²) in [4.78, 5) is 21.7. The van der Waals surface area contributed by atoms with Crippen LogP contribution in [0.25, 0.3) is 11.6 Å². The zero-order valence-corrected chi connectivity index (χ0v) is 24.9. The summed E-state index contributed by atoms with van der Waals surface area (Å²) < 4.78 is 26.7. The summed E-state index contributed by atoms with van der Waals surface area (Å²) in [6, 6.07) is 10.4. The third-order valence-electron chi connectivity index (χ3n) is 8.30. The summed E-state index contributed by atoms with van der Waals surface area (Å²) in [5.74, 6) is -0.596. The molecule has 0 bridgehead atoms. The predicted molar refractivity (Wildman–Crippen MR) is 160 cm³/mol. The van der Waals surface area contributed by atoms with Crippen molar-refractivity contribution >= 4 is 56.3 Å². The smallest absolute Gasteiger partial charge is 0.256 e. The number of hydrogen-bond donors (Lipinski definition) is 2. The summed E-state index contributed by atoms with van der Waals surface area (Å²) in [6.07, 6.45) is 4.52. The van der Waals surface area contributed by atoms with Crippen LogP contribution in [0, 0.1) is 13.8 Å². The zero-order chi connectivity index (χ0) is 28.2. The van der Waals surface area contributed by atoms with Crippen LogP contribution in [-0.2, 0) is 26.9 Å².